The minimum absolute atomic E-state index is 0.565. The van der Waals surface area contributed by atoms with Gasteiger partial charge in [-0.05, 0) is 82.6 Å². The summed E-state index contributed by atoms with van der Waals surface area (Å²) in [7, 11) is 0. The second-order valence-corrected chi connectivity index (χ2v) is 13.5. The van der Waals surface area contributed by atoms with Crippen LogP contribution in [0.5, 0.6) is 0 Å². The number of hydrogen-bond donors (Lipinski definition) is 0. The summed E-state index contributed by atoms with van der Waals surface area (Å²) in [6.45, 7) is 0. The van der Waals surface area contributed by atoms with Crippen molar-refractivity contribution in [1.82, 2.24) is 24.5 Å². The van der Waals surface area contributed by atoms with Gasteiger partial charge in [0.15, 0.2) is 17.5 Å². The first-order valence-electron chi connectivity index (χ1n) is 18.0. The van der Waals surface area contributed by atoms with Crippen LogP contribution in [-0.2, 0) is 0 Å². The van der Waals surface area contributed by atoms with Crippen LogP contribution < -0.4 is 0 Å². The van der Waals surface area contributed by atoms with E-state index < -0.39 is 0 Å². The van der Waals surface area contributed by atoms with Crippen LogP contribution in [0.25, 0.3) is 106 Å². The molecule has 0 fully saturated rings. The first kappa shape index (κ1) is 30.2. The molecule has 11 aromatic rings. The molecule has 0 aliphatic rings. The first-order valence-corrected chi connectivity index (χ1v) is 18.0. The molecule has 4 heterocycles. The predicted molar refractivity (Wildman–Crippen MR) is 218 cm³/mol. The van der Waals surface area contributed by atoms with Crippen molar-refractivity contribution in [2.24, 2.45) is 0 Å². The maximum atomic E-state index is 6.16. The number of furan rings is 1. The fourth-order valence-electron chi connectivity index (χ4n) is 7.75. The van der Waals surface area contributed by atoms with Gasteiger partial charge < -0.3 is 8.98 Å². The monoisotopic (exact) mass is 691 g/mol. The molecule has 0 bridgehead atoms. The van der Waals surface area contributed by atoms with Crippen molar-refractivity contribution in [3.63, 3.8) is 0 Å². The van der Waals surface area contributed by atoms with Crippen molar-refractivity contribution >= 4 is 54.6 Å². The van der Waals surface area contributed by atoms with Crippen LogP contribution in [0.2, 0.25) is 0 Å². The summed E-state index contributed by atoms with van der Waals surface area (Å²) in [6.07, 6.45) is 1.74. The Bertz CT molecular complexity index is 3160. The van der Waals surface area contributed by atoms with Crippen molar-refractivity contribution in [3.05, 3.63) is 176 Å². The average Bonchev–Trinajstić information content (AvgIpc) is 3.79. The van der Waals surface area contributed by atoms with Gasteiger partial charge in [0.1, 0.15) is 5.58 Å². The smallest absolute Gasteiger partial charge is 0.227 e. The van der Waals surface area contributed by atoms with Crippen molar-refractivity contribution < 1.29 is 4.42 Å². The normalized spacial score (nSPS) is 11.7. The second kappa shape index (κ2) is 12.1. The van der Waals surface area contributed by atoms with E-state index in [0.717, 1.165) is 44.3 Å². The fraction of sp³-hybridized carbons (Fsp3) is 0. The molecule has 0 N–H and O–H groups in total. The molecule has 0 aliphatic carbocycles. The summed E-state index contributed by atoms with van der Waals surface area (Å²) in [5.41, 5.74) is 9.70. The van der Waals surface area contributed by atoms with E-state index in [4.69, 9.17) is 19.4 Å². The van der Waals surface area contributed by atoms with Gasteiger partial charge in [-0.1, -0.05) is 109 Å². The highest BCUT2D eigenvalue weighted by molar-refractivity contribution is 6.09. The molecule has 0 unspecified atom stereocenters. The zero-order valence-electron chi connectivity index (χ0n) is 28.9. The number of rotatable bonds is 5. The standard InChI is InChI=1S/C48H29N5O/c1-2-11-36-30(9-1)10-7-14-37(36)31-18-20-32(21-19-31)45-50-46(52-47(51-45)34-24-27-40-41-15-8-28-49-48(41)54-44(40)29-34)33-22-25-35(26-23-33)53-42-16-5-3-12-38(42)39-13-4-6-17-43(39)53/h1-29H. The topological polar surface area (TPSA) is 69.6 Å². The van der Waals surface area contributed by atoms with Crippen LogP contribution in [0.3, 0.4) is 0 Å². The zero-order valence-corrected chi connectivity index (χ0v) is 28.9. The van der Waals surface area contributed by atoms with Gasteiger partial charge in [-0.15, -0.1) is 0 Å². The predicted octanol–water partition coefficient (Wildman–Crippen LogP) is 12.1. The lowest BCUT2D eigenvalue weighted by Crippen LogP contribution is -2.00. The van der Waals surface area contributed by atoms with Gasteiger partial charge in [-0.2, -0.15) is 0 Å². The highest BCUT2D eigenvalue weighted by Gasteiger charge is 2.17. The average molecular weight is 692 g/mol. The third kappa shape index (κ3) is 4.89. The summed E-state index contributed by atoms with van der Waals surface area (Å²) in [5, 5.41) is 6.87. The Morgan fingerprint density at radius 2 is 0.963 bits per heavy atom. The molecule has 0 aliphatic heterocycles. The van der Waals surface area contributed by atoms with Crippen LogP contribution in [-0.4, -0.2) is 24.5 Å². The molecule has 6 nitrogen and oxygen atoms in total. The van der Waals surface area contributed by atoms with Gasteiger partial charge >= 0.3 is 0 Å². The van der Waals surface area contributed by atoms with Crippen LogP contribution in [0.1, 0.15) is 0 Å². The fourth-order valence-corrected chi connectivity index (χ4v) is 7.75. The molecular weight excluding hydrogens is 663 g/mol. The Kier molecular flexibility index (Phi) is 6.75. The minimum atomic E-state index is 0.565. The molecule has 0 radical (unpaired) electrons. The summed E-state index contributed by atoms with van der Waals surface area (Å²) in [6, 6.07) is 59.0. The molecule has 252 valence electrons. The van der Waals surface area contributed by atoms with Gasteiger partial charge in [0.05, 0.1) is 11.0 Å². The molecule has 0 spiro atoms. The van der Waals surface area contributed by atoms with Crippen LogP contribution in [0.4, 0.5) is 0 Å². The molecule has 11 rings (SSSR count). The number of nitrogens with zero attached hydrogens (tertiary/aromatic N) is 5. The van der Waals surface area contributed by atoms with Crippen molar-refractivity contribution in [2.45, 2.75) is 0 Å². The number of aromatic nitrogens is 5. The SMILES string of the molecule is c1ccc2c(-c3ccc(-c4nc(-c5ccc(-n6c7ccccc7c7ccccc76)cc5)nc(-c5ccc6c(c5)oc5ncccc56)n4)cc3)cccc2c1. The van der Waals surface area contributed by atoms with E-state index in [-0.39, 0.29) is 0 Å². The lowest BCUT2D eigenvalue weighted by atomic mass is 9.97. The summed E-state index contributed by atoms with van der Waals surface area (Å²) >= 11 is 0. The lowest BCUT2D eigenvalue weighted by Gasteiger charge is -2.11. The van der Waals surface area contributed by atoms with Gasteiger partial charge in [-0.25, -0.2) is 19.9 Å². The van der Waals surface area contributed by atoms with Gasteiger partial charge in [0.25, 0.3) is 0 Å². The van der Waals surface area contributed by atoms with Crippen molar-refractivity contribution in [1.29, 1.82) is 0 Å². The Labute approximate surface area is 309 Å². The minimum Gasteiger partial charge on any atom is -0.438 e. The van der Waals surface area contributed by atoms with E-state index >= 15 is 0 Å². The number of fused-ring (bicyclic) bond motifs is 7. The van der Waals surface area contributed by atoms with Crippen LogP contribution in [0, 0.1) is 0 Å². The summed E-state index contributed by atoms with van der Waals surface area (Å²) < 4.78 is 8.47. The van der Waals surface area contributed by atoms with E-state index in [0.29, 0.717) is 23.2 Å². The highest BCUT2D eigenvalue weighted by Crippen LogP contribution is 2.35. The number of pyridine rings is 1. The van der Waals surface area contributed by atoms with Gasteiger partial charge in [-0.3, -0.25) is 0 Å². The van der Waals surface area contributed by atoms with Crippen LogP contribution in [0.15, 0.2) is 180 Å². The maximum absolute atomic E-state index is 6.16. The number of para-hydroxylation sites is 2. The molecule has 0 saturated heterocycles. The molecule has 4 aromatic heterocycles. The number of benzene rings is 7. The van der Waals surface area contributed by atoms with E-state index in [1.165, 1.54) is 38.1 Å². The molecular formula is C48H29N5O. The molecule has 6 heteroatoms. The van der Waals surface area contributed by atoms with Gasteiger partial charge in [0, 0.05) is 50.1 Å². The van der Waals surface area contributed by atoms with Crippen LogP contribution >= 0.6 is 0 Å². The molecule has 0 amide bonds. The van der Waals surface area contributed by atoms with Crippen molar-refractivity contribution in [3.8, 4) is 51.0 Å². The van der Waals surface area contributed by atoms with E-state index in [2.05, 4.69) is 155 Å². The largest absolute Gasteiger partial charge is 0.438 e. The van der Waals surface area contributed by atoms with E-state index in [1.807, 2.05) is 24.3 Å². The maximum Gasteiger partial charge on any atom is 0.227 e. The Balaban J connectivity index is 1.04. The molecule has 54 heavy (non-hydrogen) atoms. The molecule has 7 aromatic carbocycles. The first-order chi connectivity index (χ1) is 26.7. The lowest BCUT2D eigenvalue weighted by molar-refractivity contribution is 0.654. The summed E-state index contributed by atoms with van der Waals surface area (Å²) in [4.78, 5) is 19.6. The molecule has 0 saturated carbocycles. The Morgan fingerprint density at radius 1 is 0.407 bits per heavy atom. The van der Waals surface area contributed by atoms with Gasteiger partial charge in [0.2, 0.25) is 5.71 Å². The third-order valence-electron chi connectivity index (χ3n) is 10.4. The van der Waals surface area contributed by atoms with E-state index in [9.17, 15) is 0 Å². The third-order valence-corrected chi connectivity index (χ3v) is 10.4. The van der Waals surface area contributed by atoms with E-state index in [1.54, 1.807) is 6.20 Å². The van der Waals surface area contributed by atoms with Crippen molar-refractivity contribution in [2.75, 3.05) is 0 Å². The second-order valence-electron chi connectivity index (χ2n) is 13.5. The quantitative estimate of drug-likeness (QED) is 0.180. The summed E-state index contributed by atoms with van der Waals surface area (Å²) in [5.74, 6) is 1.75. The Morgan fingerprint density at radius 3 is 1.69 bits per heavy atom. The Hall–Kier alpha value is -7.44. The zero-order chi connectivity index (χ0) is 35.6. The number of hydrogen-bond acceptors (Lipinski definition) is 5. The molecule has 0 atom stereocenters. The highest BCUT2D eigenvalue weighted by atomic mass is 16.3.